The van der Waals surface area contributed by atoms with E-state index in [1.165, 1.54) is 0 Å². The van der Waals surface area contributed by atoms with Crippen molar-refractivity contribution < 1.29 is 14.4 Å². The number of piperidine rings is 1. The Kier molecular flexibility index (Phi) is 6.31. The van der Waals surface area contributed by atoms with Crippen LogP contribution < -0.4 is 0 Å². The van der Waals surface area contributed by atoms with E-state index in [2.05, 4.69) is 24.0 Å². The van der Waals surface area contributed by atoms with Gasteiger partial charge in [0.25, 0.3) is 5.91 Å². The van der Waals surface area contributed by atoms with Crippen LogP contribution in [0.1, 0.15) is 51.6 Å². The lowest BCUT2D eigenvalue weighted by Crippen LogP contribution is -2.52. The van der Waals surface area contributed by atoms with Gasteiger partial charge in [0.1, 0.15) is 5.71 Å². The molecule has 1 aromatic heterocycles. The normalized spacial score (nSPS) is 21.6. The first-order valence-corrected chi connectivity index (χ1v) is 10.2. The summed E-state index contributed by atoms with van der Waals surface area (Å²) in [5.74, 6) is 0.105. The Morgan fingerprint density at radius 1 is 1.32 bits per heavy atom. The van der Waals surface area contributed by atoms with Gasteiger partial charge >= 0.3 is 0 Å². The molecule has 1 spiro atoms. The molecule has 0 bridgehead atoms. The van der Waals surface area contributed by atoms with Crippen molar-refractivity contribution in [2.45, 2.75) is 58.1 Å². The van der Waals surface area contributed by atoms with E-state index in [4.69, 9.17) is 4.84 Å². The number of likely N-dealkylation sites (tertiary alicyclic amines) is 1. The molecule has 1 aromatic rings. The molecule has 1 unspecified atom stereocenters. The first-order chi connectivity index (χ1) is 13.5. The first kappa shape index (κ1) is 20.3. The van der Waals surface area contributed by atoms with E-state index in [0.717, 1.165) is 37.9 Å². The Labute approximate surface area is 166 Å². The summed E-state index contributed by atoms with van der Waals surface area (Å²) in [5.41, 5.74) is 0.694. The predicted octanol–water partition coefficient (Wildman–Crippen LogP) is 2.61. The minimum Gasteiger partial charge on any atom is -0.386 e. The van der Waals surface area contributed by atoms with Gasteiger partial charge in [-0.05, 0) is 37.8 Å². The number of hydrogen-bond donors (Lipinski definition) is 0. The molecule has 1 fully saturated rings. The van der Waals surface area contributed by atoms with Crippen molar-refractivity contribution in [3.63, 3.8) is 0 Å². The maximum atomic E-state index is 12.8. The molecule has 2 aliphatic heterocycles. The highest BCUT2D eigenvalue weighted by atomic mass is 16.7. The molecule has 7 nitrogen and oxygen atoms in total. The summed E-state index contributed by atoms with van der Waals surface area (Å²) >= 11 is 0. The molecule has 0 N–H and O–H groups in total. The second-order valence-electron chi connectivity index (χ2n) is 7.85. The zero-order valence-electron chi connectivity index (χ0n) is 17.1. The molecule has 3 rings (SSSR count). The summed E-state index contributed by atoms with van der Waals surface area (Å²) in [6, 6.07) is 5.64. The fraction of sp³-hybridized carbons (Fsp3) is 0.619. The van der Waals surface area contributed by atoms with E-state index in [0.29, 0.717) is 25.2 Å². The molecule has 3 heterocycles. The number of oxime groups is 1. The molecular formula is C21H30N4O3. The van der Waals surface area contributed by atoms with Crippen molar-refractivity contribution in [2.24, 2.45) is 11.1 Å². The van der Waals surface area contributed by atoms with Crippen molar-refractivity contribution in [2.75, 3.05) is 20.1 Å². The summed E-state index contributed by atoms with van der Waals surface area (Å²) in [5, 5.41) is 4.12. The predicted molar refractivity (Wildman–Crippen MR) is 106 cm³/mol. The first-order valence-electron chi connectivity index (χ1n) is 10.2. The lowest BCUT2D eigenvalue weighted by Gasteiger charge is -2.39. The third-order valence-corrected chi connectivity index (χ3v) is 5.74. The van der Waals surface area contributed by atoms with Crippen molar-refractivity contribution in [1.82, 2.24) is 14.8 Å². The van der Waals surface area contributed by atoms with E-state index in [-0.39, 0.29) is 17.7 Å². The summed E-state index contributed by atoms with van der Waals surface area (Å²) in [4.78, 5) is 39.1. The quantitative estimate of drug-likeness (QED) is 0.753. The number of hydrogen-bond acceptors (Lipinski definition) is 5. The van der Waals surface area contributed by atoms with E-state index >= 15 is 0 Å². The highest BCUT2D eigenvalue weighted by Crippen LogP contribution is 2.34. The molecule has 1 atom stereocenters. The molecule has 2 aliphatic rings. The Morgan fingerprint density at radius 2 is 2.11 bits per heavy atom. The fourth-order valence-corrected chi connectivity index (χ4v) is 4.06. The lowest BCUT2D eigenvalue weighted by atomic mass is 9.87. The van der Waals surface area contributed by atoms with Crippen molar-refractivity contribution in [3.8, 4) is 0 Å². The van der Waals surface area contributed by atoms with Crippen LogP contribution in [0, 0.1) is 5.92 Å². The Balaban J connectivity index is 1.61. The molecular weight excluding hydrogens is 356 g/mol. The minimum absolute atomic E-state index is 0.0584. The van der Waals surface area contributed by atoms with Crippen LogP contribution in [0.15, 0.2) is 29.6 Å². The van der Waals surface area contributed by atoms with E-state index in [9.17, 15) is 9.59 Å². The molecule has 7 heteroatoms. The zero-order valence-corrected chi connectivity index (χ0v) is 17.1. The number of nitrogens with zero attached hydrogens (tertiary/aromatic N) is 4. The molecule has 152 valence electrons. The topological polar surface area (TPSA) is 75.1 Å². The van der Waals surface area contributed by atoms with Crippen LogP contribution in [0.4, 0.5) is 0 Å². The third-order valence-electron chi connectivity index (χ3n) is 5.74. The van der Waals surface area contributed by atoms with Gasteiger partial charge < -0.3 is 14.6 Å². The van der Waals surface area contributed by atoms with Gasteiger partial charge in [-0.1, -0.05) is 25.1 Å². The number of rotatable bonds is 6. The van der Waals surface area contributed by atoms with E-state index in [1.807, 2.05) is 23.1 Å². The fourth-order valence-electron chi connectivity index (χ4n) is 4.06. The number of amides is 2. The van der Waals surface area contributed by atoms with Gasteiger partial charge in [0.15, 0.2) is 5.60 Å². The van der Waals surface area contributed by atoms with Crippen LogP contribution in [0.2, 0.25) is 0 Å². The van der Waals surface area contributed by atoms with Crippen molar-refractivity contribution in [1.29, 1.82) is 0 Å². The van der Waals surface area contributed by atoms with Gasteiger partial charge in [0.2, 0.25) is 5.91 Å². The van der Waals surface area contributed by atoms with Gasteiger partial charge in [-0.3, -0.25) is 14.6 Å². The number of carbonyl (C=O) groups excluding carboxylic acids is 2. The van der Waals surface area contributed by atoms with Crippen LogP contribution in [0.25, 0.3) is 0 Å². The highest BCUT2D eigenvalue weighted by molar-refractivity contribution is 6.39. The summed E-state index contributed by atoms with van der Waals surface area (Å²) in [7, 11) is 1.74. The molecule has 1 saturated heterocycles. The van der Waals surface area contributed by atoms with Crippen LogP contribution >= 0.6 is 0 Å². The number of carbonyl (C=O) groups is 2. The van der Waals surface area contributed by atoms with Gasteiger partial charge in [0.05, 0.1) is 18.8 Å². The highest BCUT2D eigenvalue weighted by Gasteiger charge is 2.46. The third kappa shape index (κ3) is 4.34. The van der Waals surface area contributed by atoms with Crippen LogP contribution in [0.5, 0.6) is 0 Å². The summed E-state index contributed by atoms with van der Waals surface area (Å²) in [6.45, 7) is 5.78. The maximum absolute atomic E-state index is 12.8. The van der Waals surface area contributed by atoms with Gasteiger partial charge in [0, 0.05) is 32.1 Å². The Hall–Kier alpha value is -2.44. The van der Waals surface area contributed by atoms with Gasteiger partial charge in [-0.15, -0.1) is 0 Å². The minimum atomic E-state index is -0.559. The Bertz CT molecular complexity index is 732. The molecule has 0 saturated carbocycles. The largest absolute Gasteiger partial charge is 0.386 e. The van der Waals surface area contributed by atoms with Crippen molar-refractivity contribution in [3.05, 3.63) is 30.1 Å². The molecule has 2 amide bonds. The van der Waals surface area contributed by atoms with Crippen LogP contribution in [-0.4, -0.2) is 58.0 Å². The SMILES string of the molecule is CCC(CC)C(=O)N1CCCC2(CC(C(=O)N(C)Cc3ccccn3)=NO2)C1. The second-order valence-corrected chi connectivity index (χ2v) is 7.85. The second kappa shape index (κ2) is 8.71. The zero-order chi connectivity index (χ0) is 20.1. The molecule has 0 aromatic carbocycles. The average Bonchev–Trinajstić information content (AvgIpc) is 3.12. The average molecular weight is 386 g/mol. The summed E-state index contributed by atoms with van der Waals surface area (Å²) in [6.07, 6.45) is 5.53. The standard InChI is InChI=1S/C21H30N4O3/c1-4-16(5-2)19(26)25-12-8-10-21(15-25)13-18(23-28-21)20(27)24(3)14-17-9-6-7-11-22-17/h6-7,9,11,16H,4-5,8,10,12-15H2,1-3H3. The lowest BCUT2D eigenvalue weighted by molar-refractivity contribution is -0.145. The Morgan fingerprint density at radius 3 is 2.79 bits per heavy atom. The van der Waals surface area contributed by atoms with Crippen LogP contribution in [-0.2, 0) is 21.0 Å². The number of pyridine rings is 1. The smallest absolute Gasteiger partial charge is 0.271 e. The van der Waals surface area contributed by atoms with Gasteiger partial charge in [-0.2, -0.15) is 0 Å². The molecule has 0 radical (unpaired) electrons. The maximum Gasteiger partial charge on any atom is 0.271 e. The van der Waals surface area contributed by atoms with E-state index < -0.39 is 5.60 Å². The van der Waals surface area contributed by atoms with Crippen molar-refractivity contribution >= 4 is 17.5 Å². The molecule has 0 aliphatic carbocycles. The van der Waals surface area contributed by atoms with Gasteiger partial charge in [-0.25, -0.2) is 0 Å². The van der Waals surface area contributed by atoms with Crippen LogP contribution in [0.3, 0.4) is 0 Å². The van der Waals surface area contributed by atoms with E-state index in [1.54, 1.807) is 18.1 Å². The summed E-state index contributed by atoms with van der Waals surface area (Å²) < 4.78 is 0. The molecule has 28 heavy (non-hydrogen) atoms. The monoisotopic (exact) mass is 386 g/mol. The number of aromatic nitrogens is 1.